The van der Waals surface area contributed by atoms with Gasteiger partial charge in [0.25, 0.3) is 5.91 Å². The molecule has 2 saturated heterocycles. The van der Waals surface area contributed by atoms with E-state index < -0.39 is 31.6 Å². The van der Waals surface area contributed by atoms with Gasteiger partial charge >= 0.3 is 0 Å². The minimum Gasteiger partial charge on any atom is -0.497 e. The monoisotopic (exact) mass is 697 g/mol. The summed E-state index contributed by atoms with van der Waals surface area (Å²) in [4.78, 5) is 30.9. The van der Waals surface area contributed by atoms with Crippen LogP contribution in [0.2, 0.25) is 18.6 Å². The van der Waals surface area contributed by atoms with E-state index in [9.17, 15) is 14.7 Å². The zero-order valence-electron chi connectivity index (χ0n) is 29.0. The van der Waals surface area contributed by atoms with E-state index in [2.05, 4.69) is 10.3 Å². The van der Waals surface area contributed by atoms with Crippen LogP contribution in [0.4, 0.5) is 15.5 Å². The number of carbonyl (C=O) groups excluding carboxylic acids is 2. The minimum absolute atomic E-state index is 0.102. The van der Waals surface area contributed by atoms with Gasteiger partial charge in [0.1, 0.15) is 5.75 Å². The van der Waals surface area contributed by atoms with Gasteiger partial charge in [-0.05, 0) is 67.4 Å². The predicted octanol–water partition coefficient (Wildman–Crippen LogP) is 5.95. The number of hydrogen-bond acceptors (Lipinski definition) is 7. The first-order valence-electron chi connectivity index (χ1n) is 17.4. The molecule has 1 unspecified atom stereocenters. The van der Waals surface area contributed by atoms with Crippen molar-refractivity contribution in [3.8, 4) is 5.75 Å². The Hall–Kier alpha value is -4.39. The molecule has 1 aromatic heterocycles. The third kappa shape index (κ3) is 5.92. The number of rotatable bonds is 11. The van der Waals surface area contributed by atoms with Crippen molar-refractivity contribution in [3.05, 3.63) is 101 Å². The summed E-state index contributed by atoms with van der Waals surface area (Å²) in [5.41, 5.74) is 2.80. The Labute approximate surface area is 293 Å². The van der Waals surface area contributed by atoms with Gasteiger partial charge in [-0.2, -0.15) is 0 Å². The van der Waals surface area contributed by atoms with Crippen LogP contribution in [-0.2, 0) is 33.0 Å². The quantitative estimate of drug-likeness (QED) is 0.152. The van der Waals surface area contributed by atoms with E-state index >= 15 is 4.11 Å². The lowest BCUT2D eigenvalue weighted by Crippen LogP contribution is -2.45. The Morgan fingerprint density at radius 3 is 2.60 bits per heavy atom. The predicted molar refractivity (Wildman–Crippen MR) is 190 cm³/mol. The number of anilines is 2. The number of nitrogens with zero attached hydrogens (tertiary/aromatic N) is 5. The summed E-state index contributed by atoms with van der Waals surface area (Å²) in [6.45, 7) is 6.57. The third-order valence-electron chi connectivity index (χ3n) is 10.7. The first-order chi connectivity index (χ1) is 24.0. The van der Waals surface area contributed by atoms with Crippen molar-refractivity contribution in [1.82, 2.24) is 15.0 Å². The van der Waals surface area contributed by atoms with Crippen LogP contribution < -0.4 is 14.5 Å². The molecule has 3 aromatic carbocycles. The maximum absolute atomic E-state index is 16.4. The van der Waals surface area contributed by atoms with E-state index in [1.54, 1.807) is 34.7 Å². The van der Waals surface area contributed by atoms with E-state index in [0.29, 0.717) is 48.6 Å². The molecule has 3 aliphatic rings. The van der Waals surface area contributed by atoms with Gasteiger partial charge in [-0.3, -0.25) is 14.3 Å². The average molecular weight is 698 g/mol. The van der Waals surface area contributed by atoms with Crippen LogP contribution in [0.25, 0.3) is 0 Å². The molecule has 2 fully saturated rings. The number of fused-ring (bicyclic) bond motifs is 2. The maximum atomic E-state index is 16.4. The highest BCUT2D eigenvalue weighted by Gasteiger charge is 2.66. The smallest absolute Gasteiger partial charge is 0.264 e. The minimum atomic E-state index is -3.39. The second-order valence-electron chi connectivity index (χ2n) is 14.2. The van der Waals surface area contributed by atoms with E-state index in [-0.39, 0.29) is 30.9 Å². The summed E-state index contributed by atoms with van der Waals surface area (Å²) in [7, 11) is -1.80. The number of carbonyl (C=O) groups is 2. The standard InChI is InChI=1S/C38H44FN5O5Si/c1-25-36(50(3,4)39)34(17-19-42-23-32(40-41-42)30(24-45)27-11-6-5-7-12-27)49-38(25)31-21-29(48-2)15-16-33(31)44(37(38)47)22-26-10-8-13-28(20-26)43-18-9-14-35(43)46/h5-8,10-13,15-16,20-21,23,25,30,34,36,45H,9,14,17-19,22,24H2,1-4H3/t25-,30?,34+,36-,38+/m1/s1. The number of methoxy groups -OCH3 is 1. The summed E-state index contributed by atoms with van der Waals surface area (Å²) in [6.07, 6.45) is 3.05. The number of ether oxygens (including phenoxy) is 2. The molecule has 0 radical (unpaired) electrons. The molecule has 50 heavy (non-hydrogen) atoms. The van der Waals surface area contributed by atoms with Gasteiger partial charge in [-0.25, -0.2) is 0 Å². The van der Waals surface area contributed by atoms with Crippen molar-refractivity contribution in [2.75, 3.05) is 30.1 Å². The molecule has 0 bridgehead atoms. The topological polar surface area (TPSA) is 110 Å². The van der Waals surface area contributed by atoms with Crippen LogP contribution in [0.5, 0.6) is 5.75 Å². The SMILES string of the molecule is COc1ccc2c(c1)[C@]1(O[C@@H](CCn3cc(C(CO)c4ccccc4)nn3)[C@H]([Si](C)(C)F)[C@H]1C)C(=O)N2Cc1cccc(N2CCCC2=O)c1. The molecular formula is C38H44FN5O5Si. The number of aryl methyl sites for hydroxylation is 1. The molecular weight excluding hydrogens is 654 g/mol. The number of aromatic nitrogens is 3. The highest BCUT2D eigenvalue weighted by molar-refractivity contribution is 6.72. The first kappa shape index (κ1) is 34.1. The van der Waals surface area contributed by atoms with E-state index in [1.165, 1.54) is 0 Å². The molecule has 2 amide bonds. The fraction of sp³-hybridized carbons (Fsp3) is 0.421. The van der Waals surface area contributed by atoms with Crippen LogP contribution >= 0.6 is 0 Å². The lowest BCUT2D eigenvalue weighted by atomic mass is 9.82. The van der Waals surface area contributed by atoms with Gasteiger partial charge < -0.3 is 28.5 Å². The molecule has 7 rings (SSSR count). The van der Waals surface area contributed by atoms with Gasteiger partial charge in [0.15, 0.2) is 5.60 Å². The van der Waals surface area contributed by atoms with E-state index in [0.717, 1.165) is 23.2 Å². The van der Waals surface area contributed by atoms with Crippen molar-refractivity contribution < 1.29 is 28.3 Å². The Balaban J connectivity index is 1.18. The highest BCUT2D eigenvalue weighted by atomic mass is 28.4. The molecule has 1 spiro atoms. The highest BCUT2D eigenvalue weighted by Crippen LogP contribution is 2.60. The molecule has 4 aromatic rings. The van der Waals surface area contributed by atoms with Crippen LogP contribution in [-0.4, -0.2) is 66.7 Å². The average Bonchev–Trinajstić information content (AvgIpc) is 3.87. The lowest BCUT2D eigenvalue weighted by molar-refractivity contribution is -0.146. The number of aliphatic hydroxyl groups is 1. The molecule has 4 heterocycles. The number of benzene rings is 3. The van der Waals surface area contributed by atoms with Gasteiger partial charge in [0.05, 0.1) is 43.7 Å². The second-order valence-corrected chi connectivity index (χ2v) is 18.0. The Morgan fingerprint density at radius 2 is 1.90 bits per heavy atom. The zero-order valence-corrected chi connectivity index (χ0v) is 30.0. The Bertz CT molecular complexity index is 1880. The molecule has 5 atom stereocenters. The van der Waals surface area contributed by atoms with Gasteiger partial charge in [-0.1, -0.05) is 54.6 Å². The summed E-state index contributed by atoms with van der Waals surface area (Å²) in [5.74, 6) is -0.305. The molecule has 0 aliphatic carbocycles. The summed E-state index contributed by atoms with van der Waals surface area (Å²) in [5, 5.41) is 18.9. The normalized spacial score (nSPS) is 24.0. The van der Waals surface area contributed by atoms with E-state index in [4.69, 9.17) is 9.47 Å². The summed E-state index contributed by atoms with van der Waals surface area (Å²) < 4.78 is 30.7. The molecule has 10 nitrogen and oxygen atoms in total. The van der Waals surface area contributed by atoms with Crippen molar-refractivity contribution >= 4 is 31.6 Å². The Kier molecular flexibility index (Phi) is 9.12. The van der Waals surface area contributed by atoms with E-state index in [1.807, 2.05) is 85.9 Å². The largest absolute Gasteiger partial charge is 0.497 e. The molecule has 3 aliphatic heterocycles. The van der Waals surface area contributed by atoms with Crippen LogP contribution in [0.15, 0.2) is 79.0 Å². The van der Waals surface area contributed by atoms with Crippen molar-refractivity contribution in [2.45, 2.75) is 75.5 Å². The first-order valence-corrected chi connectivity index (χ1v) is 20.3. The van der Waals surface area contributed by atoms with Crippen LogP contribution in [0.3, 0.4) is 0 Å². The van der Waals surface area contributed by atoms with Gasteiger partial charge in [0.2, 0.25) is 14.3 Å². The van der Waals surface area contributed by atoms with Crippen molar-refractivity contribution in [3.63, 3.8) is 0 Å². The van der Waals surface area contributed by atoms with Gasteiger partial charge in [0, 0.05) is 48.4 Å². The molecule has 1 N–H and O–H groups in total. The number of amides is 2. The van der Waals surface area contributed by atoms with Crippen LogP contribution in [0.1, 0.15) is 54.5 Å². The maximum Gasteiger partial charge on any atom is 0.264 e. The molecule has 262 valence electrons. The summed E-state index contributed by atoms with van der Waals surface area (Å²) >= 11 is 0. The summed E-state index contributed by atoms with van der Waals surface area (Å²) in [6, 6.07) is 23.0. The zero-order chi connectivity index (χ0) is 35.2. The van der Waals surface area contributed by atoms with Crippen LogP contribution in [0, 0.1) is 5.92 Å². The van der Waals surface area contributed by atoms with Gasteiger partial charge in [-0.15, -0.1) is 5.10 Å². The Morgan fingerprint density at radius 1 is 1.10 bits per heavy atom. The number of aliphatic hydroxyl groups excluding tert-OH is 1. The number of hydrogen-bond donors (Lipinski definition) is 1. The lowest BCUT2D eigenvalue weighted by Gasteiger charge is -2.31. The third-order valence-corrected chi connectivity index (χ3v) is 13.2. The number of halogens is 1. The van der Waals surface area contributed by atoms with Crippen molar-refractivity contribution in [1.29, 1.82) is 0 Å². The van der Waals surface area contributed by atoms with Crippen molar-refractivity contribution in [2.24, 2.45) is 5.92 Å². The fourth-order valence-corrected chi connectivity index (χ4v) is 10.9. The molecule has 0 saturated carbocycles. The fourth-order valence-electron chi connectivity index (χ4n) is 8.40. The second kappa shape index (κ2) is 13.4. The molecule has 12 heteroatoms.